The first-order chi connectivity index (χ1) is 17.5. The molecule has 1 saturated heterocycles. The molecule has 0 N–H and O–H groups in total. The highest BCUT2D eigenvalue weighted by Crippen LogP contribution is 2.39. The number of ether oxygens (including phenoxy) is 1. The van der Waals surface area contributed by atoms with E-state index in [4.69, 9.17) is 4.74 Å². The molecule has 36 heavy (non-hydrogen) atoms. The predicted molar refractivity (Wildman–Crippen MR) is 134 cm³/mol. The molecule has 1 aliphatic heterocycles. The third-order valence-corrected chi connectivity index (χ3v) is 7.92. The number of hydrogen-bond acceptors (Lipinski definition) is 1. The van der Waals surface area contributed by atoms with Crippen molar-refractivity contribution in [2.45, 2.75) is 70.3 Å². The molecule has 0 amide bonds. The van der Waals surface area contributed by atoms with E-state index in [1.54, 1.807) is 36.4 Å². The topological polar surface area (TPSA) is 12.5 Å². The Kier molecular flexibility index (Phi) is 7.47. The van der Waals surface area contributed by atoms with Crippen LogP contribution >= 0.6 is 0 Å². The summed E-state index contributed by atoms with van der Waals surface area (Å²) in [5, 5.41) is 0. The van der Waals surface area contributed by atoms with Crippen LogP contribution in [0.3, 0.4) is 0 Å². The van der Waals surface area contributed by atoms with Crippen molar-refractivity contribution in [3.63, 3.8) is 0 Å². The van der Waals surface area contributed by atoms with E-state index >= 15 is 0 Å². The summed E-state index contributed by atoms with van der Waals surface area (Å²) in [4.78, 5) is 0. The number of epoxide rings is 1. The number of benzene rings is 3. The summed E-state index contributed by atoms with van der Waals surface area (Å²) in [6.45, 7) is 2.61. The normalized spacial score (nSPS) is 21.5. The first kappa shape index (κ1) is 25.0. The first-order valence-electron chi connectivity index (χ1n) is 13.1. The van der Waals surface area contributed by atoms with Crippen molar-refractivity contribution in [1.29, 1.82) is 0 Å². The monoisotopic (exact) mass is 496 g/mol. The standard InChI is InChI=1S/C31H32F4O/c1-2-3-19-4-9-21(10-5-19)24-15-14-23(28(32)29(24)33)13-8-20-6-11-22(12-7-20)25-16-17-26(27-18-36-27)31(35)30(25)34/h6-7,11-12,14-17,19,21,27H,2-5,8-10,13,18H2,1H3. The maximum atomic E-state index is 15.0. The molecular weight excluding hydrogens is 464 g/mol. The number of rotatable bonds is 8. The van der Waals surface area contributed by atoms with E-state index in [2.05, 4.69) is 6.92 Å². The van der Waals surface area contributed by atoms with E-state index in [-0.39, 0.29) is 23.1 Å². The Balaban J connectivity index is 1.23. The van der Waals surface area contributed by atoms with Gasteiger partial charge < -0.3 is 4.74 Å². The lowest BCUT2D eigenvalue weighted by Gasteiger charge is -2.29. The molecule has 1 unspecified atom stereocenters. The third kappa shape index (κ3) is 5.22. The van der Waals surface area contributed by atoms with Crippen LogP contribution in [0.5, 0.6) is 0 Å². The van der Waals surface area contributed by atoms with Crippen molar-refractivity contribution in [3.8, 4) is 11.1 Å². The van der Waals surface area contributed by atoms with Gasteiger partial charge in [0.2, 0.25) is 0 Å². The van der Waals surface area contributed by atoms with Crippen LogP contribution in [-0.2, 0) is 17.6 Å². The summed E-state index contributed by atoms with van der Waals surface area (Å²) in [6.07, 6.45) is 6.96. The average Bonchev–Trinajstić information content (AvgIpc) is 3.73. The number of halogens is 4. The van der Waals surface area contributed by atoms with Gasteiger partial charge in [-0.1, -0.05) is 68.3 Å². The minimum Gasteiger partial charge on any atom is -0.368 e. The second-order valence-corrected chi connectivity index (χ2v) is 10.3. The summed E-state index contributed by atoms with van der Waals surface area (Å²) < 4.78 is 63.9. The van der Waals surface area contributed by atoms with Crippen LogP contribution in [0.15, 0.2) is 48.5 Å². The summed E-state index contributed by atoms with van der Waals surface area (Å²) in [7, 11) is 0. The van der Waals surface area contributed by atoms with Crippen molar-refractivity contribution in [2.24, 2.45) is 5.92 Å². The predicted octanol–water partition coefficient (Wildman–Crippen LogP) is 8.84. The van der Waals surface area contributed by atoms with Gasteiger partial charge in [0, 0.05) is 11.1 Å². The zero-order valence-corrected chi connectivity index (χ0v) is 20.6. The van der Waals surface area contributed by atoms with Crippen LogP contribution < -0.4 is 0 Å². The Hall–Kier alpha value is -2.66. The quantitative estimate of drug-likeness (QED) is 0.224. The Morgan fingerprint density at radius 3 is 2.06 bits per heavy atom. The molecule has 0 radical (unpaired) electrons. The van der Waals surface area contributed by atoms with Crippen molar-refractivity contribution >= 4 is 0 Å². The SMILES string of the molecule is CCCC1CCC(c2ccc(CCc3ccc(-c4ccc(C5CO5)c(F)c4F)cc3)c(F)c2F)CC1. The Morgan fingerprint density at radius 1 is 0.722 bits per heavy atom. The van der Waals surface area contributed by atoms with Gasteiger partial charge in [0.25, 0.3) is 0 Å². The first-order valence-corrected chi connectivity index (χ1v) is 13.1. The van der Waals surface area contributed by atoms with Gasteiger partial charge in [-0.05, 0) is 72.6 Å². The molecule has 3 aromatic rings. The molecule has 1 nitrogen and oxygen atoms in total. The zero-order chi connectivity index (χ0) is 25.2. The Morgan fingerprint density at radius 2 is 1.39 bits per heavy atom. The molecule has 1 heterocycles. The summed E-state index contributed by atoms with van der Waals surface area (Å²) in [6, 6.07) is 13.7. The van der Waals surface area contributed by atoms with Gasteiger partial charge in [-0.15, -0.1) is 0 Å². The highest BCUT2D eigenvalue weighted by Gasteiger charge is 2.30. The summed E-state index contributed by atoms with van der Waals surface area (Å²) in [5.41, 5.74) is 2.80. The van der Waals surface area contributed by atoms with Crippen LogP contribution in [0.2, 0.25) is 0 Å². The molecule has 2 fully saturated rings. The number of hydrogen-bond donors (Lipinski definition) is 0. The van der Waals surface area contributed by atoms with Gasteiger partial charge in [0.1, 0.15) is 6.10 Å². The van der Waals surface area contributed by atoms with E-state index in [0.717, 1.165) is 37.2 Å². The second-order valence-electron chi connectivity index (χ2n) is 10.3. The lowest BCUT2D eigenvalue weighted by molar-refractivity contribution is 0.302. The van der Waals surface area contributed by atoms with Gasteiger partial charge in [-0.3, -0.25) is 0 Å². The van der Waals surface area contributed by atoms with E-state index in [0.29, 0.717) is 36.1 Å². The molecule has 190 valence electrons. The minimum atomic E-state index is -0.882. The van der Waals surface area contributed by atoms with Gasteiger partial charge >= 0.3 is 0 Å². The summed E-state index contributed by atoms with van der Waals surface area (Å²) >= 11 is 0. The van der Waals surface area contributed by atoms with Gasteiger partial charge in [0.05, 0.1) is 6.61 Å². The van der Waals surface area contributed by atoms with E-state index in [9.17, 15) is 17.6 Å². The molecule has 2 aliphatic rings. The molecular formula is C31H32F4O. The van der Waals surface area contributed by atoms with Crippen LogP contribution in [0.4, 0.5) is 17.6 Å². The molecule has 3 aromatic carbocycles. The molecule has 1 aliphatic carbocycles. The largest absolute Gasteiger partial charge is 0.368 e. The molecule has 5 heteroatoms. The second kappa shape index (κ2) is 10.8. The number of aryl methyl sites for hydroxylation is 2. The van der Waals surface area contributed by atoms with E-state index in [1.165, 1.54) is 12.8 Å². The molecule has 5 rings (SSSR count). The van der Waals surface area contributed by atoms with Crippen LogP contribution in [0, 0.1) is 29.2 Å². The fourth-order valence-corrected chi connectivity index (χ4v) is 5.68. The lowest BCUT2D eigenvalue weighted by Crippen LogP contribution is -2.15. The van der Waals surface area contributed by atoms with Crippen molar-refractivity contribution in [2.75, 3.05) is 6.61 Å². The van der Waals surface area contributed by atoms with Gasteiger partial charge in [-0.25, -0.2) is 17.6 Å². The average molecular weight is 497 g/mol. The molecule has 1 atom stereocenters. The molecule has 0 aromatic heterocycles. The fraction of sp³-hybridized carbons (Fsp3) is 0.419. The third-order valence-electron chi connectivity index (χ3n) is 7.92. The fourth-order valence-electron chi connectivity index (χ4n) is 5.68. The highest BCUT2D eigenvalue weighted by molar-refractivity contribution is 5.65. The van der Waals surface area contributed by atoms with Crippen molar-refractivity contribution in [3.05, 3.63) is 94.1 Å². The highest BCUT2D eigenvalue weighted by atomic mass is 19.2. The van der Waals surface area contributed by atoms with Crippen LogP contribution in [0.25, 0.3) is 11.1 Å². The minimum absolute atomic E-state index is 0.102. The van der Waals surface area contributed by atoms with Crippen molar-refractivity contribution < 1.29 is 22.3 Å². The molecule has 1 saturated carbocycles. The van der Waals surface area contributed by atoms with Gasteiger partial charge in [0.15, 0.2) is 23.3 Å². The van der Waals surface area contributed by atoms with Crippen molar-refractivity contribution in [1.82, 2.24) is 0 Å². The zero-order valence-electron chi connectivity index (χ0n) is 20.6. The summed E-state index contributed by atoms with van der Waals surface area (Å²) in [5.74, 6) is -2.36. The van der Waals surface area contributed by atoms with E-state index in [1.807, 2.05) is 12.1 Å². The lowest BCUT2D eigenvalue weighted by atomic mass is 9.77. The van der Waals surface area contributed by atoms with Gasteiger partial charge in [-0.2, -0.15) is 0 Å². The van der Waals surface area contributed by atoms with E-state index < -0.39 is 23.3 Å². The van der Waals surface area contributed by atoms with Crippen LogP contribution in [-0.4, -0.2) is 6.61 Å². The van der Waals surface area contributed by atoms with Crippen LogP contribution in [0.1, 0.15) is 79.7 Å². The maximum Gasteiger partial charge on any atom is 0.167 e. The Labute approximate surface area is 210 Å². The Bertz CT molecular complexity index is 1210. The smallest absolute Gasteiger partial charge is 0.167 e. The maximum absolute atomic E-state index is 15.0. The molecule has 0 spiro atoms. The molecule has 0 bridgehead atoms.